The van der Waals surface area contributed by atoms with Gasteiger partial charge in [-0.3, -0.25) is 0 Å². The van der Waals surface area contributed by atoms with Crippen molar-refractivity contribution in [1.29, 1.82) is 0 Å². The molecule has 1 aliphatic carbocycles. The van der Waals surface area contributed by atoms with Crippen LogP contribution < -0.4 is 5.32 Å². The zero-order chi connectivity index (χ0) is 20.5. The predicted octanol–water partition coefficient (Wildman–Crippen LogP) is 5.51. The Morgan fingerprint density at radius 1 is 0.966 bits per heavy atom. The summed E-state index contributed by atoms with van der Waals surface area (Å²) in [5.74, 6) is 1.61. The van der Waals surface area contributed by atoms with Gasteiger partial charge in [0.15, 0.2) is 5.82 Å². The lowest BCUT2D eigenvalue weighted by atomic mass is 9.67. The fourth-order valence-electron chi connectivity index (χ4n) is 4.52. The average Bonchev–Trinajstić information content (AvgIpc) is 3.20. The third-order valence-electron chi connectivity index (χ3n) is 6.40. The average molecular weight is 390 g/mol. The SMILES string of the molecule is Cc1ccc(-n2nnnc2C2(Nc3ccccc3)CCC(C(C)(C)C)CC2)cc1. The van der Waals surface area contributed by atoms with Gasteiger partial charge in [-0.1, -0.05) is 56.7 Å². The number of nitrogens with zero attached hydrogens (tertiary/aromatic N) is 4. The number of hydrogen-bond acceptors (Lipinski definition) is 4. The maximum atomic E-state index is 4.53. The molecule has 1 saturated carbocycles. The zero-order valence-corrected chi connectivity index (χ0v) is 17.9. The highest BCUT2D eigenvalue weighted by molar-refractivity contribution is 5.47. The van der Waals surface area contributed by atoms with E-state index in [1.165, 1.54) is 5.56 Å². The maximum Gasteiger partial charge on any atom is 0.181 e. The van der Waals surface area contributed by atoms with E-state index < -0.39 is 0 Å². The number of aryl methyl sites for hydroxylation is 1. The van der Waals surface area contributed by atoms with Crippen molar-refractivity contribution in [3.8, 4) is 5.69 Å². The molecule has 3 aromatic rings. The fourth-order valence-corrected chi connectivity index (χ4v) is 4.52. The molecule has 152 valence electrons. The molecule has 0 unspecified atom stereocenters. The van der Waals surface area contributed by atoms with E-state index in [2.05, 4.69) is 97.1 Å². The minimum atomic E-state index is -0.280. The Morgan fingerprint density at radius 3 is 2.24 bits per heavy atom. The van der Waals surface area contributed by atoms with Gasteiger partial charge < -0.3 is 5.32 Å². The molecule has 0 radical (unpaired) electrons. The highest BCUT2D eigenvalue weighted by Crippen LogP contribution is 2.46. The van der Waals surface area contributed by atoms with Gasteiger partial charge in [0.1, 0.15) is 0 Å². The second-order valence-electron chi connectivity index (χ2n) is 9.46. The van der Waals surface area contributed by atoms with Gasteiger partial charge in [0.2, 0.25) is 0 Å². The quantitative estimate of drug-likeness (QED) is 0.639. The minimum absolute atomic E-state index is 0.280. The number of tetrazole rings is 1. The van der Waals surface area contributed by atoms with Gasteiger partial charge in [0.05, 0.1) is 11.2 Å². The molecule has 5 nitrogen and oxygen atoms in total. The number of rotatable bonds is 4. The number of anilines is 1. The molecule has 0 saturated heterocycles. The summed E-state index contributed by atoms with van der Waals surface area (Å²) in [6.07, 6.45) is 4.33. The molecule has 0 amide bonds. The largest absolute Gasteiger partial charge is 0.373 e. The Bertz CT molecular complexity index is 929. The Balaban J connectivity index is 1.72. The summed E-state index contributed by atoms with van der Waals surface area (Å²) in [4.78, 5) is 0. The third kappa shape index (κ3) is 4.04. The minimum Gasteiger partial charge on any atom is -0.373 e. The number of para-hydroxylation sites is 1. The summed E-state index contributed by atoms with van der Waals surface area (Å²) in [6.45, 7) is 9.15. The molecule has 4 rings (SSSR count). The lowest BCUT2D eigenvalue weighted by Crippen LogP contribution is -2.43. The van der Waals surface area contributed by atoms with Crippen molar-refractivity contribution in [3.63, 3.8) is 0 Å². The Kier molecular flexibility index (Phi) is 5.15. The van der Waals surface area contributed by atoms with E-state index in [1.807, 2.05) is 10.7 Å². The second kappa shape index (κ2) is 7.62. The van der Waals surface area contributed by atoms with Crippen LogP contribution in [0.1, 0.15) is 57.8 Å². The third-order valence-corrected chi connectivity index (χ3v) is 6.40. The summed E-state index contributed by atoms with van der Waals surface area (Å²) in [5.41, 5.74) is 3.38. The molecule has 29 heavy (non-hydrogen) atoms. The summed E-state index contributed by atoms with van der Waals surface area (Å²) in [7, 11) is 0. The van der Waals surface area contributed by atoms with Crippen LogP contribution >= 0.6 is 0 Å². The van der Waals surface area contributed by atoms with Gasteiger partial charge in [-0.2, -0.15) is 4.68 Å². The highest BCUT2D eigenvalue weighted by Gasteiger charge is 2.43. The molecule has 1 aliphatic rings. The van der Waals surface area contributed by atoms with Crippen LogP contribution in [0.15, 0.2) is 54.6 Å². The molecule has 1 aromatic heterocycles. The van der Waals surface area contributed by atoms with E-state index in [1.54, 1.807) is 0 Å². The maximum absolute atomic E-state index is 4.53. The van der Waals surface area contributed by atoms with Crippen molar-refractivity contribution >= 4 is 5.69 Å². The zero-order valence-electron chi connectivity index (χ0n) is 17.9. The summed E-state index contributed by atoms with van der Waals surface area (Å²) in [5, 5.41) is 16.8. The van der Waals surface area contributed by atoms with Crippen molar-refractivity contribution in [3.05, 3.63) is 66.0 Å². The normalized spacial score (nSPS) is 22.4. The monoisotopic (exact) mass is 389 g/mol. The molecule has 0 spiro atoms. The summed E-state index contributed by atoms with van der Waals surface area (Å²) in [6, 6.07) is 18.8. The molecule has 0 atom stereocenters. The van der Waals surface area contributed by atoms with Gasteiger partial charge in [-0.15, -0.1) is 5.10 Å². The van der Waals surface area contributed by atoms with Gasteiger partial charge in [-0.05, 0) is 78.6 Å². The topological polar surface area (TPSA) is 55.6 Å². The van der Waals surface area contributed by atoms with E-state index in [-0.39, 0.29) is 5.54 Å². The lowest BCUT2D eigenvalue weighted by molar-refractivity contribution is 0.137. The molecule has 1 heterocycles. The molecule has 1 N–H and O–H groups in total. The first-order valence-electron chi connectivity index (χ1n) is 10.6. The van der Waals surface area contributed by atoms with E-state index in [4.69, 9.17) is 0 Å². The Morgan fingerprint density at radius 2 is 1.62 bits per heavy atom. The first-order chi connectivity index (χ1) is 13.9. The van der Waals surface area contributed by atoms with Crippen LogP contribution in [0.2, 0.25) is 0 Å². The van der Waals surface area contributed by atoms with E-state index in [9.17, 15) is 0 Å². The number of hydrogen-bond donors (Lipinski definition) is 1. The van der Waals surface area contributed by atoms with Crippen LogP contribution in [0.25, 0.3) is 5.69 Å². The van der Waals surface area contributed by atoms with E-state index in [0.29, 0.717) is 11.3 Å². The number of nitrogens with one attached hydrogen (secondary N) is 1. The van der Waals surface area contributed by atoms with E-state index in [0.717, 1.165) is 42.9 Å². The van der Waals surface area contributed by atoms with Crippen molar-refractivity contribution in [2.75, 3.05) is 5.32 Å². The summed E-state index contributed by atoms with van der Waals surface area (Å²) >= 11 is 0. The lowest BCUT2D eigenvalue weighted by Gasteiger charge is -2.44. The van der Waals surface area contributed by atoms with Crippen LogP contribution in [-0.2, 0) is 5.54 Å². The predicted molar refractivity (Wildman–Crippen MR) is 117 cm³/mol. The smallest absolute Gasteiger partial charge is 0.181 e. The van der Waals surface area contributed by atoms with E-state index >= 15 is 0 Å². The van der Waals surface area contributed by atoms with Crippen LogP contribution in [0, 0.1) is 18.3 Å². The van der Waals surface area contributed by atoms with Crippen molar-refractivity contribution in [2.45, 2.75) is 58.9 Å². The van der Waals surface area contributed by atoms with Crippen molar-refractivity contribution in [1.82, 2.24) is 20.2 Å². The van der Waals surface area contributed by atoms with Gasteiger partial charge in [0, 0.05) is 5.69 Å². The standard InChI is InChI=1S/C24H31N5/c1-18-10-12-21(13-11-18)29-22(26-27-28-29)24(25-20-8-6-5-7-9-20)16-14-19(15-17-24)23(2,3)4/h5-13,19,25H,14-17H2,1-4H3. The van der Waals surface area contributed by atoms with Gasteiger partial charge >= 0.3 is 0 Å². The molecule has 2 aromatic carbocycles. The van der Waals surface area contributed by atoms with Crippen LogP contribution in [-0.4, -0.2) is 20.2 Å². The van der Waals surface area contributed by atoms with Crippen molar-refractivity contribution in [2.24, 2.45) is 11.3 Å². The van der Waals surface area contributed by atoms with Crippen molar-refractivity contribution < 1.29 is 0 Å². The van der Waals surface area contributed by atoms with Crippen LogP contribution in [0.3, 0.4) is 0 Å². The first kappa shape index (κ1) is 19.6. The number of benzene rings is 2. The Hall–Kier alpha value is -2.69. The molecule has 0 aliphatic heterocycles. The molecule has 5 heteroatoms. The molecule has 1 fully saturated rings. The number of aromatic nitrogens is 4. The van der Waals surface area contributed by atoms with Gasteiger partial charge in [0.25, 0.3) is 0 Å². The van der Waals surface area contributed by atoms with Gasteiger partial charge in [-0.25, -0.2) is 0 Å². The van der Waals surface area contributed by atoms with Crippen LogP contribution in [0.4, 0.5) is 5.69 Å². The first-order valence-corrected chi connectivity index (χ1v) is 10.6. The Labute approximate surface area is 173 Å². The fraction of sp³-hybridized carbons (Fsp3) is 0.458. The highest BCUT2D eigenvalue weighted by atomic mass is 15.6. The summed E-state index contributed by atoms with van der Waals surface area (Å²) < 4.78 is 1.91. The second-order valence-corrected chi connectivity index (χ2v) is 9.46. The molecular formula is C24H31N5. The molecular weight excluding hydrogens is 358 g/mol. The molecule has 0 bridgehead atoms. The van der Waals surface area contributed by atoms with Crippen LogP contribution in [0.5, 0.6) is 0 Å².